The van der Waals surface area contributed by atoms with Gasteiger partial charge in [0, 0.05) is 17.5 Å². The van der Waals surface area contributed by atoms with Crippen molar-refractivity contribution in [1.82, 2.24) is 5.32 Å². The molecule has 0 saturated heterocycles. The Balaban J connectivity index is 1.80. The van der Waals surface area contributed by atoms with Gasteiger partial charge in [-0.15, -0.1) is 11.3 Å². The zero-order chi connectivity index (χ0) is 10.1. The summed E-state index contributed by atoms with van der Waals surface area (Å²) in [6.07, 6.45) is 2.71. The third-order valence-corrected chi connectivity index (χ3v) is 4.98. The normalized spacial score (nSPS) is 26.2. The molecule has 1 aromatic rings. The van der Waals surface area contributed by atoms with Gasteiger partial charge >= 0.3 is 0 Å². The van der Waals surface area contributed by atoms with E-state index < -0.39 is 0 Å². The minimum absolute atomic E-state index is 0.770. The Hall–Kier alpha value is 0.140. The summed E-state index contributed by atoms with van der Waals surface area (Å²) < 4.78 is 1.27. The van der Waals surface area contributed by atoms with Gasteiger partial charge < -0.3 is 5.32 Å². The minimum atomic E-state index is 0.770. The van der Waals surface area contributed by atoms with Crippen molar-refractivity contribution in [3.63, 3.8) is 0 Å². The largest absolute Gasteiger partial charge is 0.309 e. The van der Waals surface area contributed by atoms with Crippen LogP contribution in [0.15, 0.2) is 9.85 Å². The van der Waals surface area contributed by atoms with Crippen molar-refractivity contribution in [1.29, 1.82) is 0 Å². The van der Waals surface area contributed by atoms with Crippen LogP contribution in [0.1, 0.15) is 30.2 Å². The van der Waals surface area contributed by atoms with Crippen LogP contribution in [0.25, 0.3) is 0 Å². The van der Waals surface area contributed by atoms with Gasteiger partial charge in [0.15, 0.2) is 0 Å². The Kier molecular flexibility index (Phi) is 3.30. The maximum atomic E-state index is 3.60. The van der Waals surface area contributed by atoms with E-state index in [4.69, 9.17) is 0 Å². The summed E-state index contributed by atoms with van der Waals surface area (Å²) in [5.41, 5.74) is 1.36. The lowest BCUT2D eigenvalue weighted by Gasteiger charge is -2.33. The number of aryl methyl sites for hydroxylation is 1. The molecule has 1 N–H and O–H groups in total. The van der Waals surface area contributed by atoms with Gasteiger partial charge in [0.25, 0.3) is 0 Å². The zero-order valence-electron chi connectivity index (χ0n) is 8.64. The first kappa shape index (κ1) is 10.7. The fourth-order valence-electron chi connectivity index (χ4n) is 1.92. The second-order valence-electron chi connectivity index (χ2n) is 4.32. The molecule has 1 aliphatic rings. The Labute approximate surface area is 98.0 Å². The summed E-state index contributed by atoms with van der Waals surface area (Å²) in [7, 11) is 0. The van der Waals surface area contributed by atoms with Gasteiger partial charge in [-0.1, -0.05) is 6.92 Å². The quantitative estimate of drug-likeness (QED) is 0.886. The molecule has 0 radical (unpaired) electrons. The topological polar surface area (TPSA) is 12.0 Å². The van der Waals surface area contributed by atoms with Crippen LogP contribution in [0.5, 0.6) is 0 Å². The molecule has 1 heterocycles. The molecule has 1 saturated carbocycles. The van der Waals surface area contributed by atoms with E-state index >= 15 is 0 Å². The third-order valence-electron chi connectivity index (χ3n) is 2.85. The molecule has 1 aliphatic carbocycles. The Morgan fingerprint density at radius 1 is 1.57 bits per heavy atom. The van der Waals surface area contributed by atoms with Crippen LogP contribution < -0.4 is 5.32 Å². The van der Waals surface area contributed by atoms with Crippen molar-refractivity contribution in [3.05, 3.63) is 20.3 Å². The van der Waals surface area contributed by atoms with Crippen LogP contribution in [0.3, 0.4) is 0 Å². The van der Waals surface area contributed by atoms with Crippen LogP contribution in [-0.4, -0.2) is 6.04 Å². The van der Waals surface area contributed by atoms with Crippen LogP contribution in [-0.2, 0) is 6.54 Å². The molecule has 0 aromatic carbocycles. The molecular weight excluding hydrogens is 258 g/mol. The molecule has 14 heavy (non-hydrogen) atoms. The first-order chi connectivity index (χ1) is 6.65. The Morgan fingerprint density at radius 2 is 2.29 bits per heavy atom. The monoisotopic (exact) mass is 273 g/mol. The van der Waals surface area contributed by atoms with Crippen molar-refractivity contribution in [2.24, 2.45) is 5.92 Å². The van der Waals surface area contributed by atoms with Gasteiger partial charge in [-0.2, -0.15) is 0 Å². The van der Waals surface area contributed by atoms with Gasteiger partial charge in [0.2, 0.25) is 0 Å². The van der Waals surface area contributed by atoms with Crippen LogP contribution >= 0.6 is 27.3 Å². The SMILES string of the molecule is Cc1cc(CNC2CC(C)C2)sc1Br. The molecule has 0 bridgehead atoms. The molecule has 78 valence electrons. The van der Waals surface area contributed by atoms with Crippen molar-refractivity contribution >= 4 is 27.3 Å². The van der Waals surface area contributed by atoms with Crippen molar-refractivity contribution in [2.75, 3.05) is 0 Å². The number of halogens is 1. The van der Waals surface area contributed by atoms with Crippen LogP contribution in [0, 0.1) is 12.8 Å². The number of nitrogens with one attached hydrogen (secondary N) is 1. The summed E-state index contributed by atoms with van der Waals surface area (Å²) in [4.78, 5) is 1.44. The maximum Gasteiger partial charge on any atom is 0.0730 e. The lowest BCUT2D eigenvalue weighted by molar-refractivity contribution is 0.241. The molecule has 1 nitrogen and oxygen atoms in total. The third kappa shape index (κ3) is 2.38. The van der Waals surface area contributed by atoms with E-state index in [1.807, 2.05) is 11.3 Å². The Morgan fingerprint density at radius 3 is 2.79 bits per heavy atom. The van der Waals surface area contributed by atoms with Crippen LogP contribution in [0.4, 0.5) is 0 Å². The molecule has 0 spiro atoms. The molecule has 0 atom stereocenters. The highest BCUT2D eigenvalue weighted by Gasteiger charge is 2.24. The van der Waals surface area contributed by atoms with Crippen molar-refractivity contribution < 1.29 is 0 Å². The van der Waals surface area contributed by atoms with Crippen molar-refractivity contribution in [3.8, 4) is 0 Å². The smallest absolute Gasteiger partial charge is 0.0730 e. The highest BCUT2D eigenvalue weighted by atomic mass is 79.9. The van der Waals surface area contributed by atoms with Gasteiger partial charge in [-0.05, 0) is 53.2 Å². The van der Waals surface area contributed by atoms with E-state index in [9.17, 15) is 0 Å². The van der Waals surface area contributed by atoms with Crippen molar-refractivity contribution in [2.45, 2.75) is 39.3 Å². The number of rotatable bonds is 3. The summed E-state index contributed by atoms with van der Waals surface area (Å²) in [5.74, 6) is 0.935. The summed E-state index contributed by atoms with van der Waals surface area (Å²) >= 11 is 5.40. The molecule has 1 fully saturated rings. The number of hydrogen-bond acceptors (Lipinski definition) is 2. The second kappa shape index (κ2) is 4.33. The molecule has 3 heteroatoms. The van der Waals surface area contributed by atoms with Gasteiger partial charge in [-0.3, -0.25) is 0 Å². The second-order valence-corrected chi connectivity index (χ2v) is 6.78. The molecular formula is C11H16BrNS. The number of thiophene rings is 1. The molecule has 1 aromatic heterocycles. The maximum absolute atomic E-state index is 3.60. The lowest BCUT2D eigenvalue weighted by Crippen LogP contribution is -2.39. The predicted octanol–water partition coefficient (Wildman–Crippen LogP) is 3.71. The van der Waals surface area contributed by atoms with Gasteiger partial charge in [0.05, 0.1) is 3.79 Å². The zero-order valence-corrected chi connectivity index (χ0v) is 11.0. The average Bonchev–Trinajstić information content (AvgIpc) is 2.39. The fourth-order valence-corrected chi connectivity index (χ4v) is 3.50. The van der Waals surface area contributed by atoms with Gasteiger partial charge in [0.1, 0.15) is 0 Å². The summed E-state index contributed by atoms with van der Waals surface area (Å²) in [6.45, 7) is 5.51. The lowest BCUT2D eigenvalue weighted by atomic mass is 9.82. The van der Waals surface area contributed by atoms with Gasteiger partial charge in [-0.25, -0.2) is 0 Å². The molecule has 2 rings (SSSR count). The number of hydrogen-bond donors (Lipinski definition) is 1. The average molecular weight is 274 g/mol. The van der Waals surface area contributed by atoms with E-state index in [1.54, 1.807) is 0 Å². The highest BCUT2D eigenvalue weighted by molar-refractivity contribution is 9.11. The first-order valence-electron chi connectivity index (χ1n) is 5.13. The van der Waals surface area contributed by atoms with E-state index in [1.165, 1.54) is 27.1 Å². The summed E-state index contributed by atoms with van der Waals surface area (Å²) in [5, 5.41) is 3.60. The summed E-state index contributed by atoms with van der Waals surface area (Å²) in [6, 6.07) is 3.04. The van der Waals surface area contributed by atoms with E-state index in [0.29, 0.717) is 0 Å². The van der Waals surface area contributed by atoms with Crippen LogP contribution in [0.2, 0.25) is 0 Å². The molecule has 0 unspecified atom stereocenters. The molecule has 0 amide bonds. The van der Waals surface area contributed by atoms with E-state index in [-0.39, 0.29) is 0 Å². The van der Waals surface area contributed by atoms with E-state index in [0.717, 1.165) is 18.5 Å². The van der Waals surface area contributed by atoms with E-state index in [2.05, 4.69) is 41.2 Å². The Bertz CT molecular complexity index is 296. The molecule has 0 aliphatic heterocycles. The fraction of sp³-hybridized carbons (Fsp3) is 0.636. The first-order valence-corrected chi connectivity index (χ1v) is 6.74. The standard InChI is InChI=1S/C11H16BrNS/c1-7-3-9(4-7)13-6-10-5-8(2)11(12)14-10/h5,7,9,13H,3-4,6H2,1-2H3. The minimum Gasteiger partial charge on any atom is -0.309 e. The predicted molar refractivity (Wildman–Crippen MR) is 65.8 cm³/mol. The highest BCUT2D eigenvalue weighted by Crippen LogP contribution is 2.29.